The van der Waals surface area contributed by atoms with Gasteiger partial charge in [-0.1, -0.05) is 106 Å². The van der Waals surface area contributed by atoms with E-state index in [0.29, 0.717) is 30.4 Å². The predicted molar refractivity (Wildman–Crippen MR) is 170 cm³/mol. The SMILES string of the molecule is CCCCCc1cc(C2Cc3cccc(c3)CC(C(=O)O)CC=CCC2CCCCCCC2C=CCC2)ccc1O. The lowest BCUT2D eigenvalue weighted by Gasteiger charge is -2.29. The fraction of sp³-hybridized carbons (Fsp3) is 0.553. The Morgan fingerprint density at radius 1 is 0.854 bits per heavy atom. The van der Waals surface area contributed by atoms with E-state index in [1.807, 2.05) is 6.07 Å². The summed E-state index contributed by atoms with van der Waals surface area (Å²) < 4.78 is 0. The van der Waals surface area contributed by atoms with E-state index >= 15 is 0 Å². The highest BCUT2D eigenvalue weighted by atomic mass is 16.4. The Morgan fingerprint density at radius 3 is 2.39 bits per heavy atom. The molecule has 4 atom stereocenters. The maximum absolute atomic E-state index is 12.0. The van der Waals surface area contributed by atoms with E-state index in [1.54, 1.807) is 0 Å². The summed E-state index contributed by atoms with van der Waals surface area (Å²) in [6, 6.07) is 15.0. The van der Waals surface area contributed by atoms with E-state index in [1.165, 1.54) is 75.3 Å². The van der Waals surface area contributed by atoms with E-state index < -0.39 is 5.97 Å². The molecule has 41 heavy (non-hydrogen) atoms. The lowest BCUT2D eigenvalue weighted by Crippen LogP contribution is -2.18. The Balaban J connectivity index is 1.54. The minimum atomic E-state index is -0.709. The molecule has 3 nitrogen and oxygen atoms in total. The number of aryl methyl sites for hydroxylation is 1. The number of phenolic OH excluding ortho intramolecular Hbond substituents is 1. The van der Waals surface area contributed by atoms with Gasteiger partial charge in [0.15, 0.2) is 0 Å². The highest BCUT2D eigenvalue weighted by molar-refractivity contribution is 5.70. The fourth-order valence-corrected chi connectivity index (χ4v) is 6.97. The Morgan fingerprint density at radius 2 is 1.63 bits per heavy atom. The third-order valence-electron chi connectivity index (χ3n) is 9.47. The van der Waals surface area contributed by atoms with Gasteiger partial charge in [-0.15, -0.1) is 0 Å². The van der Waals surface area contributed by atoms with Crippen molar-refractivity contribution in [2.24, 2.45) is 17.8 Å². The molecule has 4 rings (SSSR count). The lowest BCUT2D eigenvalue weighted by molar-refractivity contribution is -0.141. The number of fused-ring (bicyclic) bond motifs is 2. The molecule has 2 aliphatic carbocycles. The molecule has 2 aliphatic rings. The van der Waals surface area contributed by atoms with Gasteiger partial charge in [-0.3, -0.25) is 4.79 Å². The number of unbranched alkanes of at least 4 members (excludes halogenated alkanes) is 5. The molecular formula is C38H52O3. The van der Waals surface area contributed by atoms with E-state index in [0.717, 1.165) is 42.7 Å². The summed E-state index contributed by atoms with van der Waals surface area (Å²) in [6.07, 6.45) is 26.8. The van der Waals surface area contributed by atoms with Crippen molar-refractivity contribution in [2.45, 2.75) is 116 Å². The summed E-state index contributed by atoms with van der Waals surface area (Å²) in [5, 5.41) is 20.5. The van der Waals surface area contributed by atoms with Crippen LogP contribution in [0.4, 0.5) is 0 Å². The summed E-state index contributed by atoms with van der Waals surface area (Å²) in [5.41, 5.74) is 4.82. The van der Waals surface area contributed by atoms with Crippen LogP contribution in [0.15, 0.2) is 66.8 Å². The topological polar surface area (TPSA) is 57.5 Å². The van der Waals surface area contributed by atoms with E-state index in [-0.39, 0.29) is 5.92 Å². The number of phenols is 1. The molecule has 0 fully saturated rings. The zero-order valence-corrected chi connectivity index (χ0v) is 25.3. The zero-order chi connectivity index (χ0) is 28.9. The largest absolute Gasteiger partial charge is 0.508 e. The number of hydrogen-bond donors (Lipinski definition) is 2. The standard InChI is InChI=1S/C38H52O3/c1-2-3-6-21-34-28-33(23-24-37(34)39)36-27-31-18-13-17-30(25-31)26-35(38(40)41)22-12-11-20-32(36)19-8-5-4-7-14-29-15-9-10-16-29/h9,11-13,15,17-18,23-25,28-29,32,35-36,39H,2-8,10,14,16,19-22,26-27H2,1H3,(H,40,41). The Kier molecular flexibility index (Phi) is 12.6. The van der Waals surface area contributed by atoms with Crippen LogP contribution in [0.25, 0.3) is 0 Å². The lowest BCUT2D eigenvalue weighted by atomic mass is 9.76. The van der Waals surface area contributed by atoms with Crippen molar-refractivity contribution in [3.8, 4) is 5.75 Å². The first-order valence-electron chi connectivity index (χ1n) is 16.5. The number of allylic oxidation sites excluding steroid dienone is 4. The van der Waals surface area contributed by atoms with E-state index in [2.05, 4.69) is 67.6 Å². The maximum Gasteiger partial charge on any atom is 0.307 e. The van der Waals surface area contributed by atoms with Gasteiger partial charge < -0.3 is 10.2 Å². The summed E-state index contributed by atoms with van der Waals surface area (Å²) in [5.74, 6) is 0.977. The average Bonchev–Trinajstić information content (AvgIpc) is 3.48. The first-order chi connectivity index (χ1) is 20.0. The molecule has 2 aromatic carbocycles. The van der Waals surface area contributed by atoms with E-state index in [9.17, 15) is 15.0 Å². The van der Waals surface area contributed by atoms with Crippen LogP contribution < -0.4 is 0 Å². The van der Waals surface area contributed by atoms with Gasteiger partial charge in [0, 0.05) is 0 Å². The van der Waals surface area contributed by atoms with Gasteiger partial charge in [-0.05, 0) is 110 Å². The predicted octanol–water partition coefficient (Wildman–Crippen LogP) is 9.97. The fourth-order valence-electron chi connectivity index (χ4n) is 6.97. The third-order valence-corrected chi connectivity index (χ3v) is 9.47. The molecule has 222 valence electrons. The second-order valence-electron chi connectivity index (χ2n) is 12.7. The number of aliphatic carboxylic acids is 1. The Labute approximate surface area is 248 Å². The van der Waals surface area contributed by atoms with Gasteiger partial charge >= 0.3 is 5.97 Å². The molecule has 2 aromatic rings. The van der Waals surface area contributed by atoms with Crippen LogP contribution in [0.3, 0.4) is 0 Å². The Hall–Kier alpha value is -2.81. The van der Waals surface area contributed by atoms with E-state index in [4.69, 9.17) is 0 Å². The minimum Gasteiger partial charge on any atom is -0.508 e. The van der Waals surface area contributed by atoms with Crippen molar-refractivity contribution in [1.82, 2.24) is 0 Å². The highest BCUT2D eigenvalue weighted by Gasteiger charge is 2.25. The minimum absolute atomic E-state index is 0.360. The van der Waals surface area contributed by atoms with Gasteiger partial charge in [-0.2, -0.15) is 0 Å². The van der Waals surface area contributed by atoms with Gasteiger partial charge in [0.25, 0.3) is 0 Å². The number of carbonyl (C=O) groups is 1. The second kappa shape index (κ2) is 16.6. The van der Waals surface area contributed by atoms with Crippen LogP contribution in [-0.4, -0.2) is 16.2 Å². The van der Waals surface area contributed by atoms with Gasteiger partial charge in [0.05, 0.1) is 5.92 Å². The van der Waals surface area contributed by atoms with Gasteiger partial charge in [-0.25, -0.2) is 0 Å². The van der Waals surface area contributed by atoms with Crippen LogP contribution in [0.1, 0.15) is 119 Å². The van der Waals surface area contributed by atoms with Crippen molar-refractivity contribution in [3.05, 3.63) is 89.0 Å². The molecule has 0 aliphatic heterocycles. The zero-order valence-electron chi connectivity index (χ0n) is 25.3. The molecule has 2 N–H and O–H groups in total. The molecule has 0 amide bonds. The summed E-state index contributed by atoms with van der Waals surface area (Å²) in [4.78, 5) is 12.0. The summed E-state index contributed by atoms with van der Waals surface area (Å²) >= 11 is 0. The van der Waals surface area contributed by atoms with Crippen LogP contribution in [0.2, 0.25) is 0 Å². The molecule has 0 saturated heterocycles. The van der Waals surface area contributed by atoms with Gasteiger partial charge in [0.2, 0.25) is 0 Å². The quantitative estimate of drug-likeness (QED) is 0.191. The van der Waals surface area contributed by atoms with Crippen molar-refractivity contribution in [1.29, 1.82) is 0 Å². The second-order valence-corrected chi connectivity index (χ2v) is 12.7. The number of hydrogen-bond acceptors (Lipinski definition) is 2. The van der Waals surface area contributed by atoms with Crippen molar-refractivity contribution in [2.75, 3.05) is 0 Å². The Bertz CT molecular complexity index is 1150. The third kappa shape index (κ3) is 9.90. The molecule has 0 radical (unpaired) electrons. The molecule has 0 saturated carbocycles. The number of carboxylic acids is 1. The highest BCUT2D eigenvalue weighted by Crippen LogP contribution is 2.38. The molecule has 2 bridgehead atoms. The van der Waals surface area contributed by atoms with Crippen LogP contribution in [-0.2, 0) is 24.1 Å². The van der Waals surface area contributed by atoms with Crippen molar-refractivity contribution >= 4 is 5.97 Å². The summed E-state index contributed by atoms with van der Waals surface area (Å²) in [6.45, 7) is 2.22. The van der Waals surface area contributed by atoms with Crippen LogP contribution in [0, 0.1) is 17.8 Å². The first kappa shape index (κ1) is 31.1. The van der Waals surface area contributed by atoms with Gasteiger partial charge in [0.1, 0.15) is 5.75 Å². The number of aromatic hydroxyl groups is 1. The molecule has 0 spiro atoms. The summed E-state index contributed by atoms with van der Waals surface area (Å²) in [7, 11) is 0. The first-order valence-corrected chi connectivity index (χ1v) is 16.5. The van der Waals surface area contributed by atoms with Crippen LogP contribution in [0.5, 0.6) is 5.75 Å². The normalized spacial score (nSPS) is 22.8. The monoisotopic (exact) mass is 556 g/mol. The molecule has 4 unspecified atom stereocenters. The number of benzene rings is 2. The van der Waals surface area contributed by atoms with Crippen molar-refractivity contribution < 1.29 is 15.0 Å². The average molecular weight is 557 g/mol. The number of rotatable bonds is 13. The molecule has 0 heterocycles. The molecule has 0 aromatic heterocycles. The number of carboxylic acid groups (broad SMARTS) is 1. The van der Waals surface area contributed by atoms with Crippen molar-refractivity contribution in [3.63, 3.8) is 0 Å². The maximum atomic E-state index is 12.0. The van der Waals surface area contributed by atoms with Crippen LogP contribution >= 0.6 is 0 Å². The molecule has 3 heteroatoms. The molecular weight excluding hydrogens is 504 g/mol. The smallest absolute Gasteiger partial charge is 0.307 e.